The normalized spacial score (nSPS) is 22.2. The predicted molar refractivity (Wildman–Crippen MR) is 110 cm³/mol. The molecule has 1 saturated carbocycles. The topological polar surface area (TPSA) is 51.0 Å². The number of pyridine rings is 1. The van der Waals surface area contributed by atoms with Crippen LogP contribution in [0.4, 0.5) is 0 Å². The number of aromatic nitrogens is 3. The number of carbonyl (C=O) groups excluding carboxylic acids is 1. The van der Waals surface area contributed by atoms with Crippen molar-refractivity contribution in [2.24, 2.45) is 13.0 Å². The second-order valence-corrected chi connectivity index (χ2v) is 8.16. The SMILES string of the molecule is Cn1ncc(C(=O)N2CCCC3CCCCC32)c1-c1cccc2ncccc12. The Balaban J connectivity index is 1.58. The Morgan fingerprint density at radius 2 is 1.93 bits per heavy atom. The molecular weight excluding hydrogens is 348 g/mol. The molecule has 5 nitrogen and oxygen atoms in total. The number of hydrogen-bond acceptors (Lipinski definition) is 3. The molecule has 0 radical (unpaired) electrons. The molecule has 1 amide bonds. The van der Waals surface area contributed by atoms with Crippen LogP contribution in [0.3, 0.4) is 0 Å². The van der Waals surface area contributed by atoms with Crippen LogP contribution in [0.2, 0.25) is 0 Å². The molecule has 28 heavy (non-hydrogen) atoms. The Bertz CT molecular complexity index is 1020. The van der Waals surface area contributed by atoms with Crippen LogP contribution >= 0.6 is 0 Å². The quantitative estimate of drug-likeness (QED) is 0.667. The minimum atomic E-state index is 0.139. The van der Waals surface area contributed by atoms with E-state index in [1.54, 1.807) is 12.4 Å². The summed E-state index contributed by atoms with van der Waals surface area (Å²) in [4.78, 5) is 20.3. The van der Waals surface area contributed by atoms with Gasteiger partial charge in [-0.2, -0.15) is 5.10 Å². The first kappa shape index (κ1) is 17.4. The molecule has 5 rings (SSSR count). The smallest absolute Gasteiger partial charge is 0.257 e. The van der Waals surface area contributed by atoms with Crippen molar-refractivity contribution < 1.29 is 4.79 Å². The molecule has 0 bridgehead atoms. The van der Waals surface area contributed by atoms with Crippen molar-refractivity contribution in [3.63, 3.8) is 0 Å². The number of likely N-dealkylation sites (tertiary alicyclic amines) is 1. The van der Waals surface area contributed by atoms with E-state index in [2.05, 4.69) is 27.1 Å². The first-order valence-corrected chi connectivity index (χ1v) is 10.4. The summed E-state index contributed by atoms with van der Waals surface area (Å²) in [7, 11) is 1.92. The first-order valence-electron chi connectivity index (χ1n) is 10.4. The van der Waals surface area contributed by atoms with Crippen molar-refractivity contribution in [3.05, 3.63) is 48.3 Å². The van der Waals surface area contributed by atoms with Gasteiger partial charge in [0.25, 0.3) is 5.91 Å². The maximum atomic E-state index is 13.7. The number of piperidine rings is 1. The summed E-state index contributed by atoms with van der Waals surface area (Å²) >= 11 is 0. The third kappa shape index (κ3) is 2.81. The number of aryl methyl sites for hydroxylation is 1. The number of fused-ring (bicyclic) bond motifs is 2. The van der Waals surface area contributed by atoms with Gasteiger partial charge in [-0.15, -0.1) is 0 Å². The molecule has 3 aromatic rings. The molecule has 1 aliphatic heterocycles. The summed E-state index contributed by atoms with van der Waals surface area (Å²) < 4.78 is 1.83. The monoisotopic (exact) mass is 374 g/mol. The second kappa shape index (κ2) is 7.04. The number of carbonyl (C=O) groups is 1. The highest BCUT2D eigenvalue weighted by Crippen LogP contribution is 2.37. The van der Waals surface area contributed by atoms with Crippen molar-refractivity contribution in [1.82, 2.24) is 19.7 Å². The average molecular weight is 374 g/mol. The van der Waals surface area contributed by atoms with Gasteiger partial charge >= 0.3 is 0 Å². The van der Waals surface area contributed by atoms with E-state index in [9.17, 15) is 4.79 Å². The Morgan fingerprint density at radius 3 is 2.86 bits per heavy atom. The zero-order valence-corrected chi connectivity index (χ0v) is 16.3. The third-order valence-electron chi connectivity index (χ3n) is 6.57. The lowest BCUT2D eigenvalue weighted by Crippen LogP contribution is -2.49. The fourth-order valence-electron chi connectivity index (χ4n) is 5.25. The summed E-state index contributed by atoms with van der Waals surface area (Å²) in [5.74, 6) is 0.814. The van der Waals surface area contributed by atoms with Crippen molar-refractivity contribution in [2.45, 2.75) is 44.6 Å². The van der Waals surface area contributed by atoms with Gasteiger partial charge in [-0.3, -0.25) is 14.5 Å². The highest BCUT2D eigenvalue weighted by molar-refractivity contribution is 6.04. The van der Waals surface area contributed by atoms with Crippen LogP contribution in [-0.4, -0.2) is 38.2 Å². The van der Waals surface area contributed by atoms with Gasteiger partial charge in [0.05, 0.1) is 23.0 Å². The Kier molecular flexibility index (Phi) is 4.38. The largest absolute Gasteiger partial charge is 0.335 e. The zero-order chi connectivity index (χ0) is 19.1. The van der Waals surface area contributed by atoms with Gasteiger partial charge in [0.15, 0.2) is 0 Å². The fraction of sp³-hybridized carbons (Fsp3) is 0.435. The molecule has 2 atom stereocenters. The van der Waals surface area contributed by atoms with E-state index < -0.39 is 0 Å². The summed E-state index contributed by atoms with van der Waals surface area (Å²) in [5.41, 5.74) is 3.56. The highest BCUT2D eigenvalue weighted by Gasteiger charge is 2.37. The molecule has 1 aromatic carbocycles. The van der Waals surface area contributed by atoms with Gasteiger partial charge in [0, 0.05) is 36.8 Å². The number of amides is 1. The van der Waals surface area contributed by atoms with Crippen LogP contribution in [0.1, 0.15) is 48.9 Å². The van der Waals surface area contributed by atoms with Gasteiger partial charge in [-0.1, -0.05) is 31.0 Å². The molecule has 1 saturated heterocycles. The van der Waals surface area contributed by atoms with E-state index in [4.69, 9.17) is 0 Å². The molecule has 0 N–H and O–H groups in total. The summed E-state index contributed by atoms with van der Waals surface area (Å²) in [6, 6.07) is 10.5. The maximum absolute atomic E-state index is 13.7. The average Bonchev–Trinajstić information content (AvgIpc) is 3.13. The summed E-state index contributed by atoms with van der Waals surface area (Å²) in [5, 5.41) is 5.52. The standard InChI is InChI=1S/C23H26N4O/c1-26-22(18-9-4-11-20-17(18)10-5-13-24-20)19(15-25-26)23(28)27-14-6-8-16-7-2-3-12-21(16)27/h4-5,9-11,13,15-16,21H,2-3,6-8,12,14H2,1H3. The first-order chi connectivity index (χ1) is 13.7. The fourth-order valence-corrected chi connectivity index (χ4v) is 5.25. The minimum Gasteiger partial charge on any atom is -0.335 e. The van der Waals surface area contributed by atoms with Crippen LogP contribution < -0.4 is 0 Å². The minimum absolute atomic E-state index is 0.139. The van der Waals surface area contributed by atoms with E-state index in [1.807, 2.05) is 29.9 Å². The second-order valence-electron chi connectivity index (χ2n) is 8.16. The molecule has 3 heterocycles. The summed E-state index contributed by atoms with van der Waals surface area (Å²) in [6.45, 7) is 0.866. The van der Waals surface area contributed by atoms with E-state index in [1.165, 1.54) is 25.7 Å². The van der Waals surface area contributed by atoms with Crippen molar-refractivity contribution in [3.8, 4) is 11.3 Å². The van der Waals surface area contributed by atoms with Crippen molar-refractivity contribution in [2.75, 3.05) is 6.54 Å². The van der Waals surface area contributed by atoms with Gasteiger partial charge < -0.3 is 4.90 Å². The van der Waals surface area contributed by atoms with Gasteiger partial charge in [-0.05, 0) is 43.7 Å². The van der Waals surface area contributed by atoms with Gasteiger partial charge in [-0.25, -0.2) is 0 Å². The van der Waals surface area contributed by atoms with Crippen molar-refractivity contribution >= 4 is 16.8 Å². The van der Waals surface area contributed by atoms with Gasteiger partial charge in [0.2, 0.25) is 0 Å². The predicted octanol–water partition coefficient (Wildman–Crippen LogP) is 4.43. The van der Waals surface area contributed by atoms with Crippen LogP contribution in [-0.2, 0) is 7.05 Å². The summed E-state index contributed by atoms with van der Waals surface area (Å²) in [6.07, 6.45) is 10.9. The van der Waals surface area contributed by atoms with Gasteiger partial charge in [0.1, 0.15) is 0 Å². The van der Waals surface area contributed by atoms with E-state index in [-0.39, 0.29) is 5.91 Å². The molecule has 2 aliphatic rings. The van der Waals surface area contributed by atoms with Crippen LogP contribution in [0, 0.1) is 5.92 Å². The molecule has 5 heteroatoms. The molecule has 2 fully saturated rings. The molecule has 1 aliphatic carbocycles. The molecule has 144 valence electrons. The van der Waals surface area contributed by atoms with Crippen LogP contribution in [0.25, 0.3) is 22.2 Å². The number of benzene rings is 1. The van der Waals surface area contributed by atoms with Crippen LogP contribution in [0.5, 0.6) is 0 Å². The van der Waals surface area contributed by atoms with E-state index >= 15 is 0 Å². The third-order valence-corrected chi connectivity index (χ3v) is 6.57. The zero-order valence-electron chi connectivity index (χ0n) is 16.3. The molecular formula is C23H26N4O. The van der Waals surface area contributed by atoms with E-state index in [0.29, 0.717) is 17.5 Å². The molecule has 2 unspecified atom stereocenters. The van der Waals surface area contributed by atoms with Crippen LogP contribution in [0.15, 0.2) is 42.7 Å². The number of nitrogens with zero attached hydrogens (tertiary/aromatic N) is 4. The maximum Gasteiger partial charge on any atom is 0.257 e. The Morgan fingerprint density at radius 1 is 1.07 bits per heavy atom. The molecule has 0 spiro atoms. The Hall–Kier alpha value is -2.69. The Labute approximate surface area is 165 Å². The highest BCUT2D eigenvalue weighted by atomic mass is 16.2. The molecule has 2 aromatic heterocycles. The lowest BCUT2D eigenvalue weighted by Gasteiger charge is -2.44. The lowest BCUT2D eigenvalue weighted by molar-refractivity contribution is 0.0391. The number of hydrogen-bond donors (Lipinski definition) is 0. The number of rotatable bonds is 2. The van der Waals surface area contributed by atoms with Crippen molar-refractivity contribution in [1.29, 1.82) is 0 Å². The van der Waals surface area contributed by atoms with E-state index in [0.717, 1.165) is 41.5 Å². The lowest BCUT2D eigenvalue weighted by atomic mass is 9.78.